The van der Waals surface area contributed by atoms with Crippen LogP contribution in [-0.4, -0.2) is 35.9 Å². The molecule has 1 atom stereocenters. The minimum atomic E-state index is -0.428. The van der Waals surface area contributed by atoms with E-state index in [0.29, 0.717) is 32.4 Å². The third-order valence-corrected chi connectivity index (χ3v) is 5.44. The van der Waals surface area contributed by atoms with Crippen LogP contribution in [0.4, 0.5) is 5.69 Å². The van der Waals surface area contributed by atoms with Crippen molar-refractivity contribution < 1.29 is 4.79 Å². The van der Waals surface area contributed by atoms with Crippen LogP contribution < -0.4 is 5.32 Å². The SMILES string of the molecule is CC(Sc1nnc(-c2cnccn2)n1C)C(=O)Nc1cccc(Cl)c1Cl. The zero-order chi connectivity index (χ0) is 18.7. The van der Waals surface area contributed by atoms with Crippen molar-refractivity contribution in [3.05, 3.63) is 46.8 Å². The van der Waals surface area contributed by atoms with E-state index in [1.165, 1.54) is 11.8 Å². The monoisotopic (exact) mass is 408 g/mol. The number of hydrogen-bond donors (Lipinski definition) is 1. The Morgan fingerprint density at radius 1 is 1.27 bits per heavy atom. The summed E-state index contributed by atoms with van der Waals surface area (Å²) in [5.41, 5.74) is 1.08. The zero-order valence-corrected chi connectivity index (χ0v) is 16.2. The van der Waals surface area contributed by atoms with Crippen molar-refractivity contribution >= 4 is 46.6 Å². The highest BCUT2D eigenvalue weighted by atomic mass is 35.5. The maximum atomic E-state index is 12.5. The molecule has 3 aromatic rings. The van der Waals surface area contributed by atoms with Gasteiger partial charge in [-0.1, -0.05) is 41.0 Å². The summed E-state index contributed by atoms with van der Waals surface area (Å²) in [6, 6.07) is 5.07. The predicted molar refractivity (Wildman–Crippen MR) is 102 cm³/mol. The summed E-state index contributed by atoms with van der Waals surface area (Å²) in [6.07, 6.45) is 4.78. The first-order chi connectivity index (χ1) is 12.5. The minimum Gasteiger partial charge on any atom is -0.324 e. The van der Waals surface area contributed by atoms with E-state index < -0.39 is 5.25 Å². The third-order valence-electron chi connectivity index (χ3n) is 3.49. The van der Waals surface area contributed by atoms with Crippen LogP contribution in [0.5, 0.6) is 0 Å². The highest BCUT2D eigenvalue weighted by molar-refractivity contribution is 8.00. The summed E-state index contributed by atoms with van der Waals surface area (Å²) >= 11 is 13.3. The van der Waals surface area contributed by atoms with Crippen molar-refractivity contribution in [1.29, 1.82) is 0 Å². The van der Waals surface area contributed by atoms with Crippen molar-refractivity contribution in [3.8, 4) is 11.5 Å². The number of aromatic nitrogens is 5. The van der Waals surface area contributed by atoms with E-state index in [-0.39, 0.29) is 5.91 Å². The van der Waals surface area contributed by atoms with Gasteiger partial charge in [0, 0.05) is 19.4 Å². The molecule has 1 unspecified atom stereocenters. The lowest BCUT2D eigenvalue weighted by molar-refractivity contribution is -0.115. The Morgan fingerprint density at radius 3 is 2.81 bits per heavy atom. The maximum absolute atomic E-state index is 12.5. The van der Waals surface area contributed by atoms with Crippen molar-refractivity contribution in [2.45, 2.75) is 17.3 Å². The average molecular weight is 409 g/mol. The standard InChI is InChI=1S/C16H14Cl2N6OS/c1-9(15(25)21-11-5-3-4-10(17)13(11)18)26-16-23-22-14(24(16)2)12-8-19-6-7-20-12/h3-9H,1-2H3,(H,21,25). The number of rotatable bonds is 5. The molecule has 0 fully saturated rings. The molecule has 0 saturated carbocycles. The average Bonchev–Trinajstić information content (AvgIpc) is 3.00. The maximum Gasteiger partial charge on any atom is 0.237 e. The number of hydrogen-bond acceptors (Lipinski definition) is 6. The van der Waals surface area contributed by atoms with Crippen LogP contribution >= 0.6 is 35.0 Å². The number of carbonyl (C=O) groups excluding carboxylic acids is 1. The van der Waals surface area contributed by atoms with Gasteiger partial charge in [-0.05, 0) is 19.1 Å². The van der Waals surface area contributed by atoms with Crippen molar-refractivity contribution in [3.63, 3.8) is 0 Å². The smallest absolute Gasteiger partial charge is 0.237 e. The molecular formula is C16H14Cl2N6OS. The van der Waals surface area contributed by atoms with Gasteiger partial charge in [0.25, 0.3) is 0 Å². The van der Waals surface area contributed by atoms with Gasteiger partial charge in [0.2, 0.25) is 5.91 Å². The Labute approximate surface area is 164 Å². The molecule has 0 aliphatic carbocycles. The molecule has 0 aliphatic heterocycles. The highest BCUT2D eigenvalue weighted by Gasteiger charge is 2.20. The van der Waals surface area contributed by atoms with E-state index in [9.17, 15) is 4.79 Å². The van der Waals surface area contributed by atoms with Crippen molar-refractivity contribution in [1.82, 2.24) is 24.7 Å². The number of carbonyl (C=O) groups is 1. The van der Waals surface area contributed by atoms with Crippen LogP contribution in [-0.2, 0) is 11.8 Å². The molecule has 2 aromatic heterocycles. The number of halogens is 2. The lowest BCUT2D eigenvalue weighted by Crippen LogP contribution is -2.23. The molecule has 2 heterocycles. The van der Waals surface area contributed by atoms with Gasteiger partial charge in [0.1, 0.15) is 5.69 Å². The summed E-state index contributed by atoms with van der Waals surface area (Å²) in [5, 5.41) is 11.9. The summed E-state index contributed by atoms with van der Waals surface area (Å²) in [7, 11) is 1.81. The Kier molecular flexibility index (Phi) is 5.75. The summed E-state index contributed by atoms with van der Waals surface area (Å²) in [6.45, 7) is 1.77. The number of thioether (sulfide) groups is 1. The molecule has 0 spiro atoms. The van der Waals surface area contributed by atoms with E-state index in [1.807, 2.05) is 7.05 Å². The van der Waals surface area contributed by atoms with Gasteiger partial charge in [0.15, 0.2) is 11.0 Å². The second-order valence-corrected chi connectivity index (χ2v) is 7.40. The van der Waals surface area contributed by atoms with Crippen LogP contribution in [0.25, 0.3) is 11.5 Å². The van der Waals surface area contributed by atoms with Crippen molar-refractivity contribution in [2.75, 3.05) is 5.32 Å². The molecule has 0 saturated heterocycles. The van der Waals surface area contributed by atoms with Gasteiger partial charge >= 0.3 is 0 Å². The first-order valence-corrected chi connectivity index (χ1v) is 9.18. The van der Waals surface area contributed by atoms with Gasteiger partial charge in [-0.2, -0.15) is 0 Å². The van der Waals surface area contributed by atoms with E-state index >= 15 is 0 Å². The van der Waals surface area contributed by atoms with Gasteiger partial charge in [-0.15, -0.1) is 10.2 Å². The Bertz CT molecular complexity index is 934. The molecule has 3 rings (SSSR count). The lowest BCUT2D eigenvalue weighted by atomic mass is 10.3. The number of nitrogens with zero attached hydrogens (tertiary/aromatic N) is 5. The van der Waals surface area contributed by atoms with Crippen LogP contribution in [0.15, 0.2) is 41.9 Å². The molecule has 1 N–H and O–H groups in total. The van der Waals surface area contributed by atoms with E-state index in [1.54, 1.807) is 48.3 Å². The van der Waals surface area contributed by atoms with E-state index in [4.69, 9.17) is 23.2 Å². The lowest BCUT2D eigenvalue weighted by Gasteiger charge is -2.13. The molecule has 7 nitrogen and oxygen atoms in total. The Hall–Kier alpha value is -2.16. The fourth-order valence-corrected chi connectivity index (χ4v) is 3.26. The first-order valence-electron chi connectivity index (χ1n) is 7.54. The fourth-order valence-electron chi connectivity index (χ4n) is 2.10. The molecular weight excluding hydrogens is 395 g/mol. The predicted octanol–water partition coefficient (Wildman–Crippen LogP) is 3.70. The quantitative estimate of drug-likeness (QED) is 0.647. The van der Waals surface area contributed by atoms with E-state index in [0.717, 1.165) is 0 Å². The third kappa shape index (κ3) is 3.98. The number of benzene rings is 1. The summed E-state index contributed by atoms with van der Waals surface area (Å²) in [5.74, 6) is 0.356. The summed E-state index contributed by atoms with van der Waals surface area (Å²) in [4.78, 5) is 20.7. The fraction of sp³-hybridized carbons (Fsp3) is 0.188. The van der Waals surface area contributed by atoms with Crippen LogP contribution in [0.3, 0.4) is 0 Å². The molecule has 134 valence electrons. The van der Waals surface area contributed by atoms with Gasteiger partial charge in [0.05, 0.1) is 27.2 Å². The minimum absolute atomic E-state index is 0.219. The van der Waals surface area contributed by atoms with Gasteiger partial charge in [-0.3, -0.25) is 9.78 Å². The number of amides is 1. The normalized spacial score (nSPS) is 12.0. The van der Waals surface area contributed by atoms with Crippen LogP contribution in [0.1, 0.15) is 6.92 Å². The second kappa shape index (κ2) is 8.03. The van der Waals surface area contributed by atoms with Gasteiger partial charge in [-0.25, -0.2) is 4.98 Å². The molecule has 0 radical (unpaired) electrons. The number of nitrogens with one attached hydrogen (secondary N) is 1. The molecule has 0 aliphatic rings. The molecule has 1 aromatic carbocycles. The highest BCUT2D eigenvalue weighted by Crippen LogP contribution is 2.31. The first kappa shape index (κ1) is 18.6. The van der Waals surface area contributed by atoms with Crippen LogP contribution in [0, 0.1) is 0 Å². The Balaban J connectivity index is 1.72. The summed E-state index contributed by atoms with van der Waals surface area (Å²) < 4.78 is 1.77. The van der Waals surface area contributed by atoms with E-state index in [2.05, 4.69) is 25.5 Å². The zero-order valence-electron chi connectivity index (χ0n) is 13.8. The molecule has 1 amide bonds. The number of anilines is 1. The topological polar surface area (TPSA) is 85.6 Å². The van der Waals surface area contributed by atoms with Gasteiger partial charge < -0.3 is 9.88 Å². The largest absolute Gasteiger partial charge is 0.324 e. The Morgan fingerprint density at radius 2 is 2.08 bits per heavy atom. The van der Waals surface area contributed by atoms with Crippen LogP contribution in [0.2, 0.25) is 10.0 Å². The van der Waals surface area contributed by atoms with Crippen molar-refractivity contribution in [2.24, 2.45) is 7.05 Å². The molecule has 26 heavy (non-hydrogen) atoms. The second-order valence-electron chi connectivity index (χ2n) is 5.31. The molecule has 10 heteroatoms. The molecule has 0 bridgehead atoms.